The molecule has 3 aliphatic rings. The molecule has 5 nitrogen and oxygen atoms in total. The summed E-state index contributed by atoms with van der Waals surface area (Å²) in [6.07, 6.45) is 6.15. The number of aliphatic hydroxyl groups is 1. The van der Waals surface area contributed by atoms with Gasteiger partial charge >= 0.3 is 0 Å². The van der Waals surface area contributed by atoms with E-state index in [4.69, 9.17) is 4.74 Å². The van der Waals surface area contributed by atoms with Gasteiger partial charge in [-0.3, -0.25) is 4.90 Å². The minimum Gasteiger partial charge on any atom is -0.490 e. The molecule has 4 aromatic rings. The van der Waals surface area contributed by atoms with E-state index in [1.54, 1.807) is 0 Å². The van der Waals surface area contributed by atoms with E-state index in [-0.39, 0.29) is 0 Å². The van der Waals surface area contributed by atoms with Gasteiger partial charge in [-0.1, -0.05) is 48.6 Å². The van der Waals surface area contributed by atoms with E-state index in [2.05, 4.69) is 101 Å². The predicted molar refractivity (Wildman–Crippen MR) is 148 cm³/mol. The van der Waals surface area contributed by atoms with Gasteiger partial charge in [-0.2, -0.15) is 0 Å². The van der Waals surface area contributed by atoms with Gasteiger partial charge in [0, 0.05) is 54.0 Å². The molecule has 0 unspecified atom stereocenters. The van der Waals surface area contributed by atoms with E-state index >= 15 is 0 Å². The molecule has 186 valence electrons. The number of H-pyrrole nitrogens is 1. The van der Waals surface area contributed by atoms with Crippen molar-refractivity contribution in [1.82, 2.24) is 9.88 Å². The standard InChI is InChI=1S/C31H35N3O2/c1-21-11-14-30-29(15-22(2)32-30)31(21)36-20-28(35)19-33-17-27-10-6-5-9-26(33)18-34(27)25-13-12-23-7-3-4-8-24(23)16-25/h3-8,11-16,26-28,32,35H,9-10,17-20H2,1-2H3/t26-,27-,28-/m0/s1. The lowest BCUT2D eigenvalue weighted by molar-refractivity contribution is 0.0407. The van der Waals surface area contributed by atoms with E-state index in [9.17, 15) is 5.11 Å². The molecular weight excluding hydrogens is 446 g/mol. The molecule has 36 heavy (non-hydrogen) atoms. The molecule has 3 atom stereocenters. The molecule has 1 saturated heterocycles. The van der Waals surface area contributed by atoms with Gasteiger partial charge in [0.15, 0.2) is 0 Å². The third kappa shape index (κ3) is 4.49. The SMILES string of the molecule is Cc1cc2c(OC[C@@H](O)CN3C[C@@H]4CC=CC[C@H]3CN4c3ccc4ccccc4c3)c(C)ccc2[nH]1. The molecule has 1 fully saturated rings. The molecule has 3 aliphatic heterocycles. The Morgan fingerprint density at radius 2 is 1.75 bits per heavy atom. The van der Waals surface area contributed by atoms with Crippen LogP contribution < -0.4 is 9.64 Å². The van der Waals surface area contributed by atoms with Crippen molar-refractivity contribution in [3.8, 4) is 5.75 Å². The predicted octanol–water partition coefficient (Wildman–Crippen LogP) is 5.59. The van der Waals surface area contributed by atoms with Gasteiger partial charge in [-0.25, -0.2) is 0 Å². The largest absolute Gasteiger partial charge is 0.490 e. The van der Waals surface area contributed by atoms with Crippen molar-refractivity contribution in [1.29, 1.82) is 0 Å². The van der Waals surface area contributed by atoms with Gasteiger partial charge in [-0.05, 0) is 67.3 Å². The molecule has 3 aromatic carbocycles. The summed E-state index contributed by atoms with van der Waals surface area (Å²) in [7, 11) is 0. The van der Waals surface area contributed by atoms with Crippen LogP contribution in [-0.2, 0) is 0 Å². The van der Waals surface area contributed by atoms with Crippen molar-refractivity contribution in [2.45, 2.75) is 44.9 Å². The van der Waals surface area contributed by atoms with Gasteiger partial charge < -0.3 is 19.7 Å². The number of ether oxygens (including phenoxy) is 1. The lowest BCUT2D eigenvalue weighted by Gasteiger charge is -2.48. The Balaban J connectivity index is 1.15. The van der Waals surface area contributed by atoms with Crippen molar-refractivity contribution in [2.75, 3.05) is 31.1 Å². The second kappa shape index (κ2) is 9.64. The van der Waals surface area contributed by atoms with Crippen molar-refractivity contribution in [3.63, 3.8) is 0 Å². The number of nitrogens with one attached hydrogen (secondary N) is 1. The number of aromatic amines is 1. The minimum absolute atomic E-state index is 0.294. The first kappa shape index (κ1) is 23.1. The summed E-state index contributed by atoms with van der Waals surface area (Å²) in [6, 6.07) is 22.5. The lowest BCUT2D eigenvalue weighted by Crippen LogP contribution is -2.60. The number of nitrogens with zero attached hydrogens (tertiary/aromatic N) is 2. The highest BCUT2D eigenvalue weighted by Gasteiger charge is 2.35. The smallest absolute Gasteiger partial charge is 0.131 e. The fraction of sp³-hybridized carbons (Fsp3) is 0.355. The van der Waals surface area contributed by atoms with Crippen LogP contribution >= 0.6 is 0 Å². The van der Waals surface area contributed by atoms with Crippen LogP contribution in [0.1, 0.15) is 24.1 Å². The van der Waals surface area contributed by atoms with Gasteiger partial charge in [0.2, 0.25) is 0 Å². The third-order valence-electron chi connectivity index (χ3n) is 7.81. The van der Waals surface area contributed by atoms with Crippen molar-refractivity contribution in [2.24, 2.45) is 0 Å². The van der Waals surface area contributed by atoms with Crippen LogP contribution in [0.25, 0.3) is 21.7 Å². The number of hydrogen-bond donors (Lipinski definition) is 2. The molecule has 7 rings (SSSR count). The fourth-order valence-electron chi connectivity index (χ4n) is 5.96. The number of rotatable bonds is 6. The molecule has 2 bridgehead atoms. The van der Waals surface area contributed by atoms with Gasteiger partial charge in [-0.15, -0.1) is 0 Å². The first-order chi connectivity index (χ1) is 17.5. The summed E-state index contributed by atoms with van der Waals surface area (Å²) in [5.74, 6) is 0.871. The van der Waals surface area contributed by atoms with E-state index in [0.29, 0.717) is 25.2 Å². The fourth-order valence-corrected chi connectivity index (χ4v) is 5.96. The highest BCUT2D eigenvalue weighted by Crippen LogP contribution is 2.32. The van der Waals surface area contributed by atoms with Gasteiger partial charge in [0.1, 0.15) is 18.5 Å². The van der Waals surface area contributed by atoms with E-state index in [1.807, 2.05) is 0 Å². The second-order valence-corrected chi connectivity index (χ2v) is 10.5. The summed E-state index contributed by atoms with van der Waals surface area (Å²) in [5.41, 5.74) is 4.58. The van der Waals surface area contributed by atoms with Crippen LogP contribution in [0.2, 0.25) is 0 Å². The molecule has 1 aromatic heterocycles. The van der Waals surface area contributed by atoms with Crippen LogP contribution in [0.5, 0.6) is 5.75 Å². The molecule has 5 heteroatoms. The number of aromatic nitrogens is 1. The highest BCUT2D eigenvalue weighted by molar-refractivity contribution is 5.88. The minimum atomic E-state index is -0.543. The first-order valence-electron chi connectivity index (χ1n) is 13.1. The Bertz CT molecular complexity index is 1410. The summed E-state index contributed by atoms with van der Waals surface area (Å²) < 4.78 is 6.21. The van der Waals surface area contributed by atoms with Crippen LogP contribution in [0, 0.1) is 13.8 Å². The maximum atomic E-state index is 11.0. The number of piperazine rings is 1. The average molecular weight is 482 g/mol. The topological polar surface area (TPSA) is 51.7 Å². The molecule has 0 spiro atoms. The summed E-state index contributed by atoms with van der Waals surface area (Å²) in [5, 5.41) is 14.7. The van der Waals surface area contributed by atoms with Crippen LogP contribution in [-0.4, -0.2) is 59.4 Å². The molecule has 2 N–H and O–H groups in total. The number of anilines is 1. The Hall–Kier alpha value is -3.28. The van der Waals surface area contributed by atoms with Crippen LogP contribution in [0.3, 0.4) is 0 Å². The van der Waals surface area contributed by atoms with E-state index in [1.165, 1.54) is 16.5 Å². The molecule has 0 aliphatic carbocycles. The average Bonchev–Trinajstić information content (AvgIpc) is 3.24. The Morgan fingerprint density at radius 3 is 2.61 bits per heavy atom. The Kier molecular flexibility index (Phi) is 6.20. The molecule has 0 radical (unpaired) electrons. The number of aliphatic hydroxyl groups excluding tert-OH is 1. The summed E-state index contributed by atoms with van der Waals surface area (Å²) in [6.45, 7) is 6.96. The zero-order chi connectivity index (χ0) is 24.6. The summed E-state index contributed by atoms with van der Waals surface area (Å²) >= 11 is 0. The van der Waals surface area contributed by atoms with Gasteiger partial charge in [0.25, 0.3) is 0 Å². The number of aryl methyl sites for hydroxylation is 2. The summed E-state index contributed by atoms with van der Waals surface area (Å²) in [4.78, 5) is 8.44. The van der Waals surface area contributed by atoms with Crippen LogP contribution in [0.15, 0.2) is 72.8 Å². The van der Waals surface area contributed by atoms with Crippen molar-refractivity contribution >= 4 is 27.4 Å². The number of hydrogen-bond acceptors (Lipinski definition) is 4. The van der Waals surface area contributed by atoms with Crippen molar-refractivity contribution < 1.29 is 9.84 Å². The maximum absolute atomic E-state index is 11.0. The zero-order valence-electron chi connectivity index (χ0n) is 21.2. The monoisotopic (exact) mass is 481 g/mol. The molecule has 0 saturated carbocycles. The highest BCUT2D eigenvalue weighted by atomic mass is 16.5. The molecule has 4 heterocycles. The number of fused-ring (bicyclic) bond motifs is 6. The van der Waals surface area contributed by atoms with Crippen molar-refractivity contribution in [3.05, 3.63) is 84.1 Å². The van der Waals surface area contributed by atoms with Crippen LogP contribution in [0.4, 0.5) is 5.69 Å². The zero-order valence-corrected chi connectivity index (χ0v) is 21.2. The van der Waals surface area contributed by atoms with E-state index in [0.717, 1.165) is 53.8 Å². The second-order valence-electron chi connectivity index (χ2n) is 10.5. The first-order valence-corrected chi connectivity index (χ1v) is 13.1. The third-order valence-corrected chi connectivity index (χ3v) is 7.81. The van der Waals surface area contributed by atoms with E-state index < -0.39 is 6.10 Å². The molecule has 0 amide bonds. The normalized spacial score (nSPS) is 21.1. The molecular formula is C31H35N3O2. The number of benzene rings is 3. The maximum Gasteiger partial charge on any atom is 0.131 e. The Labute approximate surface area is 213 Å². The Morgan fingerprint density at radius 1 is 0.944 bits per heavy atom. The van der Waals surface area contributed by atoms with Gasteiger partial charge in [0.05, 0.1) is 0 Å². The lowest BCUT2D eigenvalue weighted by atomic mass is 9.96. The quantitative estimate of drug-likeness (QED) is 0.353.